The van der Waals surface area contributed by atoms with E-state index in [0.717, 1.165) is 19.3 Å². The van der Waals surface area contributed by atoms with Crippen LogP contribution in [-0.2, 0) is 4.79 Å². The van der Waals surface area contributed by atoms with E-state index in [1.165, 1.54) is 24.8 Å². The minimum Gasteiger partial charge on any atom is -0.295 e. The predicted octanol–water partition coefficient (Wildman–Crippen LogP) is 3.88. The number of carbonyl (C=O) groups is 1. The summed E-state index contributed by atoms with van der Waals surface area (Å²) >= 11 is 0. The van der Waals surface area contributed by atoms with Crippen molar-refractivity contribution in [2.45, 2.75) is 59.3 Å². The van der Waals surface area contributed by atoms with Gasteiger partial charge in [-0.3, -0.25) is 4.79 Å². The maximum absolute atomic E-state index is 11.5. The number of hydrogen-bond donors (Lipinski definition) is 0. The van der Waals surface area contributed by atoms with E-state index >= 15 is 0 Å². The number of rotatable bonds is 1. The second kappa shape index (κ2) is 3.47. The van der Waals surface area contributed by atoms with E-state index in [2.05, 4.69) is 20.8 Å². The highest BCUT2D eigenvalue weighted by molar-refractivity contribution is 5.91. The van der Waals surface area contributed by atoms with Crippen LogP contribution in [-0.4, -0.2) is 5.78 Å². The first-order valence-electron chi connectivity index (χ1n) is 6.20. The third-order valence-electron chi connectivity index (χ3n) is 4.89. The maximum atomic E-state index is 11.5. The lowest BCUT2D eigenvalue weighted by atomic mass is 9.63. The van der Waals surface area contributed by atoms with Gasteiger partial charge in [0, 0.05) is 6.42 Å². The molecule has 0 heterocycles. The highest BCUT2D eigenvalue weighted by Gasteiger charge is 2.47. The highest BCUT2D eigenvalue weighted by Crippen LogP contribution is 2.57. The van der Waals surface area contributed by atoms with Crippen LogP contribution in [0, 0.1) is 10.8 Å². The van der Waals surface area contributed by atoms with Crippen LogP contribution in [0.5, 0.6) is 0 Å². The lowest BCUT2D eigenvalue weighted by Gasteiger charge is -2.41. The fourth-order valence-corrected chi connectivity index (χ4v) is 3.32. The standard InChI is InChI=1S/C14H22O/c1-13(2)8-5-9-14(13,3)11-6-4-7-12(15)10-11/h10H,4-9H2,1-3H3/t14-/m1/s1. The van der Waals surface area contributed by atoms with Crippen LogP contribution in [0.3, 0.4) is 0 Å². The van der Waals surface area contributed by atoms with E-state index in [1.807, 2.05) is 6.08 Å². The summed E-state index contributed by atoms with van der Waals surface area (Å²) in [6.07, 6.45) is 8.81. The molecule has 0 aromatic carbocycles. The lowest BCUT2D eigenvalue weighted by Crippen LogP contribution is -2.33. The van der Waals surface area contributed by atoms with Gasteiger partial charge in [-0.15, -0.1) is 0 Å². The number of hydrogen-bond acceptors (Lipinski definition) is 1. The molecule has 84 valence electrons. The lowest BCUT2D eigenvalue weighted by molar-refractivity contribution is -0.115. The van der Waals surface area contributed by atoms with Crippen LogP contribution in [0.2, 0.25) is 0 Å². The SMILES string of the molecule is CC1(C)CCC[C@]1(C)C1=CC(=O)CCC1. The van der Waals surface area contributed by atoms with E-state index < -0.39 is 0 Å². The molecule has 0 N–H and O–H groups in total. The zero-order valence-electron chi connectivity index (χ0n) is 10.2. The second-order valence-corrected chi connectivity index (χ2v) is 6.06. The third-order valence-corrected chi connectivity index (χ3v) is 4.89. The molecule has 1 nitrogen and oxygen atoms in total. The van der Waals surface area contributed by atoms with Crippen molar-refractivity contribution in [3.05, 3.63) is 11.6 Å². The Kier molecular flexibility index (Phi) is 2.52. The van der Waals surface area contributed by atoms with Crippen molar-refractivity contribution in [2.24, 2.45) is 10.8 Å². The molecule has 0 aliphatic heterocycles. The summed E-state index contributed by atoms with van der Waals surface area (Å²) in [6.45, 7) is 7.09. The summed E-state index contributed by atoms with van der Waals surface area (Å²) in [5.74, 6) is 0.347. The zero-order valence-corrected chi connectivity index (χ0v) is 10.2. The highest BCUT2D eigenvalue weighted by atomic mass is 16.1. The number of allylic oxidation sites excluding steroid dienone is 2. The van der Waals surface area contributed by atoms with Crippen LogP contribution in [0.25, 0.3) is 0 Å². The fourth-order valence-electron chi connectivity index (χ4n) is 3.32. The van der Waals surface area contributed by atoms with Crippen LogP contribution in [0.15, 0.2) is 11.6 Å². The Morgan fingerprint density at radius 3 is 2.33 bits per heavy atom. The van der Waals surface area contributed by atoms with Gasteiger partial charge in [-0.05, 0) is 42.6 Å². The first kappa shape index (κ1) is 10.9. The fraction of sp³-hybridized carbons (Fsp3) is 0.786. The van der Waals surface area contributed by atoms with Crippen molar-refractivity contribution >= 4 is 5.78 Å². The van der Waals surface area contributed by atoms with Crippen LogP contribution < -0.4 is 0 Å². The van der Waals surface area contributed by atoms with Crippen molar-refractivity contribution in [3.63, 3.8) is 0 Å². The monoisotopic (exact) mass is 206 g/mol. The van der Waals surface area contributed by atoms with Crippen molar-refractivity contribution in [3.8, 4) is 0 Å². The topological polar surface area (TPSA) is 17.1 Å². The minimum atomic E-state index is 0.281. The van der Waals surface area contributed by atoms with Crippen molar-refractivity contribution in [2.75, 3.05) is 0 Å². The molecule has 1 atom stereocenters. The Balaban J connectivity index is 2.33. The van der Waals surface area contributed by atoms with Gasteiger partial charge in [-0.25, -0.2) is 0 Å². The summed E-state index contributed by atoms with van der Waals surface area (Å²) < 4.78 is 0. The molecule has 2 rings (SSSR count). The summed E-state index contributed by atoms with van der Waals surface area (Å²) in [5.41, 5.74) is 2.08. The Morgan fingerprint density at radius 1 is 1.07 bits per heavy atom. The first-order valence-corrected chi connectivity index (χ1v) is 6.20. The van der Waals surface area contributed by atoms with Gasteiger partial charge in [0.2, 0.25) is 0 Å². The molecule has 0 aromatic rings. The van der Waals surface area contributed by atoms with Gasteiger partial charge < -0.3 is 0 Å². The average molecular weight is 206 g/mol. The van der Waals surface area contributed by atoms with Crippen molar-refractivity contribution in [1.29, 1.82) is 0 Å². The van der Waals surface area contributed by atoms with Gasteiger partial charge in [-0.1, -0.05) is 32.8 Å². The van der Waals surface area contributed by atoms with Gasteiger partial charge in [0.25, 0.3) is 0 Å². The second-order valence-electron chi connectivity index (χ2n) is 6.06. The summed E-state index contributed by atoms with van der Waals surface area (Å²) in [7, 11) is 0. The molecule has 1 heteroatoms. The van der Waals surface area contributed by atoms with Crippen molar-refractivity contribution < 1.29 is 4.79 Å². The van der Waals surface area contributed by atoms with E-state index in [-0.39, 0.29) is 5.41 Å². The summed E-state index contributed by atoms with van der Waals surface area (Å²) in [4.78, 5) is 11.5. The number of carbonyl (C=O) groups excluding carboxylic acids is 1. The van der Waals surface area contributed by atoms with Crippen LogP contribution >= 0.6 is 0 Å². The Hall–Kier alpha value is -0.590. The molecule has 0 aromatic heterocycles. The summed E-state index contributed by atoms with van der Waals surface area (Å²) in [6, 6.07) is 0. The quantitative estimate of drug-likeness (QED) is 0.636. The molecule has 1 saturated carbocycles. The average Bonchev–Trinajstić information content (AvgIpc) is 2.43. The molecule has 15 heavy (non-hydrogen) atoms. The zero-order chi connectivity index (χ0) is 11.1. The maximum Gasteiger partial charge on any atom is 0.155 e. The molecule has 1 fully saturated rings. The molecular formula is C14H22O. The van der Waals surface area contributed by atoms with Gasteiger partial charge in [0.05, 0.1) is 0 Å². The largest absolute Gasteiger partial charge is 0.295 e. The molecule has 0 bridgehead atoms. The normalized spacial score (nSPS) is 35.4. The van der Waals surface area contributed by atoms with E-state index in [4.69, 9.17) is 0 Å². The molecule has 2 aliphatic carbocycles. The molecule has 0 saturated heterocycles. The molecule has 2 aliphatic rings. The molecular weight excluding hydrogens is 184 g/mol. The molecule has 0 unspecified atom stereocenters. The Morgan fingerprint density at radius 2 is 1.80 bits per heavy atom. The van der Waals surface area contributed by atoms with E-state index in [9.17, 15) is 4.79 Å². The molecule has 0 amide bonds. The molecule has 0 spiro atoms. The Bertz CT molecular complexity index is 311. The predicted molar refractivity (Wildman–Crippen MR) is 62.7 cm³/mol. The van der Waals surface area contributed by atoms with Gasteiger partial charge in [0.15, 0.2) is 5.78 Å². The van der Waals surface area contributed by atoms with Gasteiger partial charge >= 0.3 is 0 Å². The smallest absolute Gasteiger partial charge is 0.155 e. The third kappa shape index (κ3) is 1.66. The molecule has 0 radical (unpaired) electrons. The minimum absolute atomic E-state index is 0.281. The first-order chi connectivity index (χ1) is 6.96. The van der Waals surface area contributed by atoms with E-state index in [1.54, 1.807) is 0 Å². The number of ketones is 1. The van der Waals surface area contributed by atoms with E-state index in [0.29, 0.717) is 11.2 Å². The van der Waals surface area contributed by atoms with Gasteiger partial charge in [0.1, 0.15) is 0 Å². The summed E-state index contributed by atoms with van der Waals surface area (Å²) in [5, 5.41) is 0. The van der Waals surface area contributed by atoms with Gasteiger partial charge in [-0.2, -0.15) is 0 Å². The van der Waals surface area contributed by atoms with Crippen molar-refractivity contribution in [1.82, 2.24) is 0 Å². The Labute approximate surface area is 92.9 Å². The van der Waals surface area contributed by atoms with Crippen LogP contribution in [0.4, 0.5) is 0 Å². The van der Waals surface area contributed by atoms with Crippen LogP contribution in [0.1, 0.15) is 59.3 Å².